The number of hydrogen-bond donors (Lipinski definition) is 1. The van der Waals surface area contributed by atoms with Crippen LogP contribution in [0.15, 0.2) is 4.47 Å². The van der Waals surface area contributed by atoms with E-state index in [0.717, 1.165) is 29.0 Å². The molecule has 1 aromatic heterocycles. The minimum Gasteiger partial charge on any atom is -0.379 e. The summed E-state index contributed by atoms with van der Waals surface area (Å²) >= 11 is 3.48. The quantitative estimate of drug-likeness (QED) is 0.895. The third kappa shape index (κ3) is 3.77. The number of carbonyl (C=O) groups is 1. The fourth-order valence-electron chi connectivity index (χ4n) is 2.01. The van der Waals surface area contributed by atoms with Crippen LogP contribution in [0.1, 0.15) is 17.8 Å². The van der Waals surface area contributed by atoms with Gasteiger partial charge < -0.3 is 4.74 Å². The first kappa shape index (κ1) is 14.5. The van der Waals surface area contributed by atoms with Gasteiger partial charge in [0.25, 0.3) is 0 Å². The van der Waals surface area contributed by atoms with Gasteiger partial charge >= 0.3 is 0 Å². The Morgan fingerprint density at radius 2 is 2.11 bits per heavy atom. The largest absolute Gasteiger partial charge is 0.379 e. The molecule has 0 aromatic carbocycles. The number of halogens is 1. The number of aryl methyl sites for hydroxylation is 2. The van der Waals surface area contributed by atoms with Gasteiger partial charge in [-0.15, -0.1) is 0 Å². The molecule has 2 heterocycles. The molecule has 0 aliphatic carbocycles. The van der Waals surface area contributed by atoms with Crippen molar-refractivity contribution in [2.75, 3.05) is 26.3 Å². The minimum atomic E-state index is 0.0191. The highest BCUT2D eigenvalue weighted by Crippen LogP contribution is 2.19. The summed E-state index contributed by atoms with van der Waals surface area (Å²) in [6.07, 6.45) is 0.422. The van der Waals surface area contributed by atoms with Crippen LogP contribution in [0.4, 0.5) is 0 Å². The third-order valence-corrected chi connectivity index (χ3v) is 4.29. The number of hydrogen-bond acceptors (Lipinski definition) is 4. The highest BCUT2D eigenvalue weighted by atomic mass is 79.9. The summed E-state index contributed by atoms with van der Waals surface area (Å²) < 4.78 is 8.10. The smallest absolute Gasteiger partial charge is 0.236 e. The second kappa shape index (κ2) is 6.49. The lowest BCUT2D eigenvalue weighted by Crippen LogP contribution is -2.48. The molecule has 19 heavy (non-hydrogen) atoms. The molecule has 0 unspecified atom stereocenters. The maximum Gasteiger partial charge on any atom is 0.236 e. The van der Waals surface area contributed by atoms with Crippen LogP contribution < -0.4 is 5.43 Å². The Hall–Kier alpha value is -0.920. The van der Waals surface area contributed by atoms with E-state index < -0.39 is 0 Å². The van der Waals surface area contributed by atoms with Crippen molar-refractivity contribution >= 4 is 21.8 Å². The fourth-order valence-corrected chi connectivity index (χ4v) is 2.29. The first-order chi connectivity index (χ1) is 9.08. The molecule has 6 nitrogen and oxygen atoms in total. The van der Waals surface area contributed by atoms with Crippen LogP contribution in [-0.2, 0) is 16.1 Å². The molecular weight excluding hydrogens is 312 g/mol. The Balaban J connectivity index is 1.81. The maximum atomic E-state index is 11.8. The fraction of sp³-hybridized carbons (Fsp3) is 0.667. The summed E-state index contributed by atoms with van der Waals surface area (Å²) in [4.78, 5) is 11.8. The lowest BCUT2D eigenvalue weighted by Gasteiger charge is -2.26. The van der Waals surface area contributed by atoms with E-state index in [-0.39, 0.29) is 5.91 Å². The SMILES string of the molecule is Cc1nn(CCC(=O)NN2CCOCC2)c(C)c1Br. The number of hydrazine groups is 1. The minimum absolute atomic E-state index is 0.0191. The van der Waals surface area contributed by atoms with E-state index in [0.29, 0.717) is 26.2 Å². The molecule has 1 aliphatic rings. The van der Waals surface area contributed by atoms with Crippen molar-refractivity contribution in [1.29, 1.82) is 0 Å². The number of morpholine rings is 1. The van der Waals surface area contributed by atoms with E-state index >= 15 is 0 Å². The van der Waals surface area contributed by atoms with E-state index in [4.69, 9.17) is 4.74 Å². The van der Waals surface area contributed by atoms with Crippen LogP contribution in [0.3, 0.4) is 0 Å². The summed E-state index contributed by atoms with van der Waals surface area (Å²) in [6.45, 7) is 7.36. The van der Waals surface area contributed by atoms with Crippen molar-refractivity contribution in [3.05, 3.63) is 15.9 Å². The van der Waals surface area contributed by atoms with Gasteiger partial charge in [-0.05, 0) is 29.8 Å². The number of nitrogens with one attached hydrogen (secondary N) is 1. The molecule has 0 radical (unpaired) electrons. The first-order valence-electron chi connectivity index (χ1n) is 6.39. The van der Waals surface area contributed by atoms with E-state index in [1.165, 1.54) is 0 Å². The normalized spacial score (nSPS) is 16.6. The van der Waals surface area contributed by atoms with E-state index in [9.17, 15) is 4.79 Å². The van der Waals surface area contributed by atoms with Gasteiger partial charge in [-0.25, -0.2) is 5.01 Å². The average Bonchev–Trinajstić information content (AvgIpc) is 2.65. The summed E-state index contributed by atoms with van der Waals surface area (Å²) in [7, 11) is 0. The second-order valence-corrected chi connectivity index (χ2v) is 5.39. The topological polar surface area (TPSA) is 59.4 Å². The van der Waals surface area contributed by atoms with E-state index in [1.54, 1.807) is 0 Å². The molecule has 7 heteroatoms. The van der Waals surface area contributed by atoms with Crippen LogP contribution in [0.5, 0.6) is 0 Å². The van der Waals surface area contributed by atoms with Crippen LogP contribution in [0.2, 0.25) is 0 Å². The number of nitrogens with zero attached hydrogens (tertiary/aromatic N) is 3. The molecule has 2 rings (SSSR count). The Bertz CT molecular complexity index is 455. The number of aromatic nitrogens is 2. The number of carbonyl (C=O) groups excluding carboxylic acids is 1. The van der Waals surface area contributed by atoms with Crippen molar-refractivity contribution in [2.24, 2.45) is 0 Å². The molecule has 1 amide bonds. The maximum absolute atomic E-state index is 11.8. The second-order valence-electron chi connectivity index (χ2n) is 4.59. The zero-order valence-corrected chi connectivity index (χ0v) is 12.9. The number of ether oxygens (including phenoxy) is 1. The predicted octanol–water partition coefficient (Wildman–Crippen LogP) is 1.02. The Morgan fingerprint density at radius 3 is 2.68 bits per heavy atom. The van der Waals surface area contributed by atoms with Gasteiger partial charge in [0.05, 0.1) is 29.9 Å². The molecule has 1 N–H and O–H groups in total. The molecule has 1 aliphatic heterocycles. The van der Waals surface area contributed by atoms with Crippen molar-refractivity contribution in [3.63, 3.8) is 0 Å². The van der Waals surface area contributed by atoms with E-state index in [1.807, 2.05) is 23.5 Å². The lowest BCUT2D eigenvalue weighted by molar-refractivity contribution is -0.128. The predicted molar refractivity (Wildman–Crippen MR) is 74.6 cm³/mol. The van der Waals surface area contributed by atoms with Gasteiger partial charge in [-0.3, -0.25) is 14.9 Å². The molecule has 0 atom stereocenters. The summed E-state index contributed by atoms with van der Waals surface area (Å²) in [5, 5.41) is 6.29. The van der Waals surface area contributed by atoms with Gasteiger partial charge in [-0.1, -0.05) is 0 Å². The molecule has 106 valence electrons. The van der Waals surface area contributed by atoms with E-state index in [2.05, 4.69) is 26.5 Å². The van der Waals surface area contributed by atoms with Gasteiger partial charge in [-0.2, -0.15) is 5.10 Å². The van der Waals surface area contributed by atoms with Gasteiger partial charge in [0.2, 0.25) is 5.91 Å². The van der Waals surface area contributed by atoms with Crippen LogP contribution in [-0.4, -0.2) is 47.0 Å². The summed E-state index contributed by atoms with van der Waals surface area (Å²) in [5.41, 5.74) is 4.89. The summed E-state index contributed by atoms with van der Waals surface area (Å²) in [6, 6.07) is 0. The molecular formula is C12H19BrN4O2. The van der Waals surface area contributed by atoms with Gasteiger partial charge in [0.15, 0.2) is 0 Å². The standard InChI is InChI=1S/C12H19BrN4O2/c1-9-12(13)10(2)17(14-9)4-3-11(18)15-16-5-7-19-8-6-16/h3-8H2,1-2H3,(H,15,18). The lowest BCUT2D eigenvalue weighted by atomic mass is 10.3. The highest BCUT2D eigenvalue weighted by Gasteiger charge is 2.14. The van der Waals surface area contributed by atoms with Crippen LogP contribution in [0.25, 0.3) is 0 Å². The number of amides is 1. The first-order valence-corrected chi connectivity index (χ1v) is 7.19. The van der Waals surface area contributed by atoms with Crippen molar-refractivity contribution < 1.29 is 9.53 Å². The summed E-state index contributed by atoms with van der Waals surface area (Å²) in [5.74, 6) is 0.0191. The zero-order valence-electron chi connectivity index (χ0n) is 11.3. The average molecular weight is 331 g/mol. The van der Waals surface area contributed by atoms with Crippen LogP contribution in [0, 0.1) is 13.8 Å². The van der Waals surface area contributed by atoms with Crippen molar-refractivity contribution in [3.8, 4) is 0 Å². The Kier molecular flexibility index (Phi) is 4.95. The molecule has 0 bridgehead atoms. The Labute approximate surface area is 121 Å². The van der Waals surface area contributed by atoms with Crippen molar-refractivity contribution in [1.82, 2.24) is 20.2 Å². The van der Waals surface area contributed by atoms with Crippen molar-refractivity contribution in [2.45, 2.75) is 26.8 Å². The number of rotatable bonds is 4. The third-order valence-electron chi connectivity index (χ3n) is 3.14. The molecule has 1 aromatic rings. The van der Waals surface area contributed by atoms with Gasteiger partial charge in [0.1, 0.15) is 0 Å². The molecule has 1 saturated heterocycles. The zero-order chi connectivity index (χ0) is 13.8. The van der Waals surface area contributed by atoms with Crippen LogP contribution >= 0.6 is 15.9 Å². The van der Waals surface area contributed by atoms with Gasteiger partial charge in [0, 0.05) is 25.2 Å². The molecule has 0 spiro atoms. The molecule has 1 fully saturated rings. The molecule has 0 saturated carbocycles. The monoisotopic (exact) mass is 330 g/mol. The highest BCUT2D eigenvalue weighted by molar-refractivity contribution is 9.10. The Morgan fingerprint density at radius 1 is 1.42 bits per heavy atom.